The van der Waals surface area contributed by atoms with Gasteiger partial charge in [0.05, 0.1) is 11.6 Å². The van der Waals surface area contributed by atoms with Gasteiger partial charge in [0.15, 0.2) is 0 Å². The summed E-state index contributed by atoms with van der Waals surface area (Å²) >= 11 is 0. The number of nitrogens with one attached hydrogen (secondary N) is 1. The molecule has 0 saturated carbocycles. The molecule has 2 atom stereocenters. The van der Waals surface area contributed by atoms with Crippen molar-refractivity contribution in [2.24, 2.45) is 5.92 Å². The van der Waals surface area contributed by atoms with E-state index in [1.807, 2.05) is 36.8 Å². The molecule has 0 unspecified atom stereocenters. The van der Waals surface area contributed by atoms with Crippen LogP contribution in [0.5, 0.6) is 0 Å². The second-order valence-electron chi connectivity index (χ2n) is 7.93. The summed E-state index contributed by atoms with van der Waals surface area (Å²) in [7, 11) is 0. The molecule has 0 radical (unpaired) electrons. The molecular formula is C22H27N5O. The van der Waals surface area contributed by atoms with Crippen molar-refractivity contribution in [3.05, 3.63) is 60.0 Å². The summed E-state index contributed by atoms with van der Waals surface area (Å²) in [4.78, 5) is 15.5. The van der Waals surface area contributed by atoms with Gasteiger partial charge in [-0.05, 0) is 38.0 Å². The number of hydrogen-bond donors (Lipinski definition) is 2. The van der Waals surface area contributed by atoms with Gasteiger partial charge in [-0.1, -0.05) is 18.2 Å². The van der Waals surface area contributed by atoms with Crippen molar-refractivity contribution in [3.8, 4) is 0 Å². The number of anilines is 1. The third kappa shape index (κ3) is 4.29. The first-order chi connectivity index (χ1) is 13.6. The first kappa shape index (κ1) is 18.8. The Bertz CT molecular complexity index is 922. The molecule has 4 rings (SSSR count). The Morgan fingerprint density at radius 1 is 1.11 bits per heavy atom. The first-order valence-electron chi connectivity index (χ1n) is 9.89. The number of benzene rings is 1. The number of para-hydroxylation sites is 1. The smallest absolute Gasteiger partial charge is 0.222 e. The van der Waals surface area contributed by atoms with E-state index >= 15 is 0 Å². The molecule has 0 bridgehead atoms. The zero-order chi connectivity index (χ0) is 19.5. The highest BCUT2D eigenvalue weighted by atomic mass is 16.3. The molecule has 28 heavy (non-hydrogen) atoms. The SMILES string of the molecule is CC(C)Nc1ncc(CN2C[C@@H](Cc3ccnc4ccccc34)[C@H](O)C2)cn1. The Balaban J connectivity index is 1.40. The lowest BCUT2D eigenvalue weighted by molar-refractivity contribution is 0.141. The Kier molecular flexibility index (Phi) is 5.50. The lowest BCUT2D eigenvalue weighted by Crippen LogP contribution is -2.21. The largest absolute Gasteiger partial charge is 0.391 e. The fraction of sp³-hybridized carbons (Fsp3) is 0.409. The van der Waals surface area contributed by atoms with E-state index in [0.717, 1.165) is 30.6 Å². The fourth-order valence-corrected chi connectivity index (χ4v) is 3.91. The number of likely N-dealkylation sites (tertiary alicyclic amines) is 1. The molecular weight excluding hydrogens is 350 g/mol. The molecule has 1 fully saturated rings. The van der Waals surface area contributed by atoms with Crippen molar-refractivity contribution in [1.29, 1.82) is 0 Å². The molecule has 3 heterocycles. The molecule has 2 N–H and O–H groups in total. The van der Waals surface area contributed by atoms with E-state index in [-0.39, 0.29) is 12.0 Å². The first-order valence-corrected chi connectivity index (χ1v) is 9.89. The normalized spacial score (nSPS) is 20.1. The van der Waals surface area contributed by atoms with Crippen LogP contribution in [0.2, 0.25) is 0 Å². The number of pyridine rings is 1. The van der Waals surface area contributed by atoms with Crippen LogP contribution < -0.4 is 5.32 Å². The average Bonchev–Trinajstić information content (AvgIpc) is 3.02. The van der Waals surface area contributed by atoms with Gasteiger partial charge in [0.1, 0.15) is 0 Å². The lowest BCUT2D eigenvalue weighted by atomic mass is 9.94. The Morgan fingerprint density at radius 3 is 2.68 bits per heavy atom. The van der Waals surface area contributed by atoms with E-state index in [2.05, 4.69) is 51.1 Å². The molecule has 1 aromatic carbocycles. The molecule has 6 nitrogen and oxygen atoms in total. The number of rotatable bonds is 6. The molecule has 0 spiro atoms. The highest BCUT2D eigenvalue weighted by Gasteiger charge is 2.31. The van der Waals surface area contributed by atoms with Gasteiger partial charge in [-0.2, -0.15) is 0 Å². The predicted octanol–water partition coefficient (Wildman–Crippen LogP) is 2.88. The maximum Gasteiger partial charge on any atom is 0.222 e. The summed E-state index contributed by atoms with van der Waals surface area (Å²) in [5.74, 6) is 0.872. The lowest BCUT2D eigenvalue weighted by Gasteiger charge is -2.16. The summed E-state index contributed by atoms with van der Waals surface area (Å²) in [6, 6.07) is 10.6. The number of nitrogens with zero attached hydrogens (tertiary/aromatic N) is 4. The van der Waals surface area contributed by atoms with Gasteiger partial charge >= 0.3 is 0 Å². The van der Waals surface area contributed by atoms with E-state index in [0.29, 0.717) is 18.5 Å². The molecule has 0 amide bonds. The molecule has 1 aliphatic heterocycles. The number of hydrogen-bond acceptors (Lipinski definition) is 6. The summed E-state index contributed by atoms with van der Waals surface area (Å²) in [6.07, 6.45) is 6.13. The van der Waals surface area contributed by atoms with E-state index in [9.17, 15) is 5.11 Å². The summed E-state index contributed by atoms with van der Waals surface area (Å²) < 4.78 is 0. The van der Waals surface area contributed by atoms with Gasteiger partial charge in [-0.15, -0.1) is 0 Å². The summed E-state index contributed by atoms with van der Waals surface area (Å²) in [6.45, 7) is 6.43. The van der Waals surface area contributed by atoms with Gasteiger partial charge in [-0.25, -0.2) is 9.97 Å². The van der Waals surface area contributed by atoms with Crippen molar-refractivity contribution in [2.75, 3.05) is 18.4 Å². The van der Waals surface area contributed by atoms with Crippen LogP contribution in [0.25, 0.3) is 10.9 Å². The number of β-amino-alcohol motifs (C(OH)–C–C–N with tert-alkyl or cyclic N) is 1. The summed E-state index contributed by atoms with van der Waals surface area (Å²) in [5.41, 5.74) is 3.33. The molecule has 146 valence electrons. The van der Waals surface area contributed by atoms with Crippen molar-refractivity contribution >= 4 is 16.9 Å². The van der Waals surface area contributed by atoms with Gasteiger partial charge < -0.3 is 10.4 Å². The van der Waals surface area contributed by atoms with Gasteiger partial charge in [-0.3, -0.25) is 9.88 Å². The number of aromatic nitrogens is 3. The van der Waals surface area contributed by atoms with Crippen LogP contribution in [-0.2, 0) is 13.0 Å². The molecule has 6 heteroatoms. The number of aliphatic hydroxyl groups is 1. The Labute approximate surface area is 165 Å². The molecule has 3 aromatic rings. The monoisotopic (exact) mass is 377 g/mol. The standard InChI is InChI=1S/C22H27N5O/c1-15(2)26-22-24-10-16(11-25-22)12-27-13-18(21(28)14-27)9-17-7-8-23-20-6-4-3-5-19(17)20/h3-8,10-11,15,18,21,28H,9,12-14H2,1-2H3,(H,24,25,26)/t18-,21-/m1/s1. The zero-order valence-corrected chi connectivity index (χ0v) is 16.4. The van der Waals surface area contributed by atoms with Crippen molar-refractivity contribution in [1.82, 2.24) is 19.9 Å². The van der Waals surface area contributed by atoms with Crippen LogP contribution in [0.4, 0.5) is 5.95 Å². The Morgan fingerprint density at radius 2 is 1.89 bits per heavy atom. The molecule has 1 saturated heterocycles. The molecule has 2 aromatic heterocycles. The molecule has 0 aliphatic carbocycles. The fourth-order valence-electron chi connectivity index (χ4n) is 3.91. The highest BCUT2D eigenvalue weighted by molar-refractivity contribution is 5.81. The number of fused-ring (bicyclic) bond motifs is 1. The van der Waals surface area contributed by atoms with Gasteiger partial charge in [0, 0.05) is 61.1 Å². The van der Waals surface area contributed by atoms with E-state index < -0.39 is 0 Å². The topological polar surface area (TPSA) is 74.2 Å². The molecule has 1 aliphatic rings. The zero-order valence-electron chi connectivity index (χ0n) is 16.4. The maximum atomic E-state index is 10.6. The number of aliphatic hydroxyl groups excluding tert-OH is 1. The third-order valence-corrected chi connectivity index (χ3v) is 5.23. The van der Waals surface area contributed by atoms with Crippen LogP contribution >= 0.6 is 0 Å². The van der Waals surface area contributed by atoms with Gasteiger partial charge in [0.25, 0.3) is 0 Å². The van der Waals surface area contributed by atoms with Crippen molar-refractivity contribution < 1.29 is 5.11 Å². The Hall–Kier alpha value is -2.57. The van der Waals surface area contributed by atoms with Crippen molar-refractivity contribution in [3.63, 3.8) is 0 Å². The quantitative estimate of drug-likeness (QED) is 0.688. The minimum absolute atomic E-state index is 0.216. The third-order valence-electron chi connectivity index (χ3n) is 5.23. The maximum absolute atomic E-state index is 10.6. The minimum atomic E-state index is -0.324. The minimum Gasteiger partial charge on any atom is -0.391 e. The van der Waals surface area contributed by atoms with Crippen LogP contribution in [0.1, 0.15) is 25.0 Å². The highest BCUT2D eigenvalue weighted by Crippen LogP contribution is 2.26. The van der Waals surface area contributed by atoms with Crippen molar-refractivity contribution in [2.45, 2.75) is 39.0 Å². The van der Waals surface area contributed by atoms with Crippen LogP contribution in [0.3, 0.4) is 0 Å². The predicted molar refractivity (Wildman–Crippen MR) is 111 cm³/mol. The van der Waals surface area contributed by atoms with Gasteiger partial charge in [0.2, 0.25) is 5.95 Å². The van der Waals surface area contributed by atoms with E-state index in [1.165, 1.54) is 10.9 Å². The van der Waals surface area contributed by atoms with E-state index in [4.69, 9.17) is 0 Å². The van der Waals surface area contributed by atoms with Crippen LogP contribution in [-0.4, -0.2) is 50.2 Å². The van der Waals surface area contributed by atoms with Crippen LogP contribution in [0.15, 0.2) is 48.9 Å². The second kappa shape index (κ2) is 8.20. The second-order valence-corrected chi connectivity index (χ2v) is 7.93. The van der Waals surface area contributed by atoms with Crippen LogP contribution in [0, 0.1) is 5.92 Å². The van der Waals surface area contributed by atoms with E-state index in [1.54, 1.807) is 0 Å². The summed E-state index contributed by atoms with van der Waals surface area (Å²) in [5, 5.41) is 15.0. The average molecular weight is 377 g/mol.